The van der Waals surface area contributed by atoms with Crippen LogP contribution in [0, 0.1) is 0 Å². The van der Waals surface area contributed by atoms with Crippen LogP contribution in [0.1, 0.15) is 25.6 Å². The summed E-state index contributed by atoms with van der Waals surface area (Å²) < 4.78 is 5.04. The van der Waals surface area contributed by atoms with Gasteiger partial charge in [0.2, 0.25) is 17.7 Å². The Labute approximate surface area is 110 Å². The van der Waals surface area contributed by atoms with Gasteiger partial charge in [0, 0.05) is 7.05 Å². The number of carbonyl (C=O) groups excluding carboxylic acids is 2. The van der Waals surface area contributed by atoms with Crippen LogP contribution in [0.15, 0.2) is 4.52 Å². The topological polar surface area (TPSA) is 106 Å². The van der Waals surface area contributed by atoms with E-state index in [0.717, 1.165) is 0 Å². The Morgan fingerprint density at radius 1 is 1.32 bits per heavy atom. The van der Waals surface area contributed by atoms with E-state index in [1.165, 1.54) is 9.80 Å². The van der Waals surface area contributed by atoms with Gasteiger partial charge in [0.25, 0.3) is 0 Å². The van der Waals surface area contributed by atoms with Crippen molar-refractivity contribution in [1.29, 1.82) is 0 Å². The van der Waals surface area contributed by atoms with Gasteiger partial charge in [-0.3, -0.25) is 9.59 Å². The fourth-order valence-corrected chi connectivity index (χ4v) is 1.65. The molecule has 104 valence electrons. The van der Waals surface area contributed by atoms with Gasteiger partial charge >= 0.3 is 0 Å². The number of rotatable bonds is 3. The highest BCUT2D eigenvalue weighted by atomic mass is 16.5. The molecule has 1 aromatic heterocycles. The standard InChI is InChI=1S/C11H17N5O3/c1-11(2,12)10-13-7(19-14-10)4-16-6-8(17)15(3)5-9(16)18/h4-6,12H2,1-3H3. The summed E-state index contributed by atoms with van der Waals surface area (Å²) in [5.41, 5.74) is 5.14. The first-order chi connectivity index (χ1) is 8.77. The molecule has 0 bridgehead atoms. The van der Waals surface area contributed by atoms with E-state index in [1.807, 2.05) is 0 Å². The van der Waals surface area contributed by atoms with Crippen LogP contribution in [-0.4, -0.2) is 51.9 Å². The number of hydrogen-bond acceptors (Lipinski definition) is 6. The van der Waals surface area contributed by atoms with Crippen LogP contribution < -0.4 is 5.73 Å². The van der Waals surface area contributed by atoms with Gasteiger partial charge in [0.15, 0.2) is 5.82 Å². The number of carbonyl (C=O) groups is 2. The number of aromatic nitrogens is 2. The summed E-state index contributed by atoms with van der Waals surface area (Å²) in [4.78, 5) is 30.2. The van der Waals surface area contributed by atoms with Gasteiger partial charge in [-0.15, -0.1) is 0 Å². The largest absolute Gasteiger partial charge is 0.337 e. The summed E-state index contributed by atoms with van der Waals surface area (Å²) in [6, 6.07) is 0. The molecule has 0 saturated carbocycles. The quantitative estimate of drug-likeness (QED) is 0.758. The highest BCUT2D eigenvalue weighted by Crippen LogP contribution is 2.14. The van der Waals surface area contributed by atoms with Gasteiger partial charge in [-0.25, -0.2) is 0 Å². The zero-order valence-corrected chi connectivity index (χ0v) is 11.2. The summed E-state index contributed by atoms with van der Waals surface area (Å²) in [5, 5.41) is 3.77. The van der Waals surface area contributed by atoms with Crippen LogP contribution in [0.2, 0.25) is 0 Å². The number of likely N-dealkylation sites (N-methyl/N-ethyl adjacent to an activating group) is 1. The lowest BCUT2D eigenvalue weighted by Crippen LogP contribution is -2.51. The fraction of sp³-hybridized carbons (Fsp3) is 0.636. The third kappa shape index (κ3) is 2.90. The van der Waals surface area contributed by atoms with Gasteiger partial charge in [-0.1, -0.05) is 5.16 Å². The second kappa shape index (κ2) is 4.61. The molecular weight excluding hydrogens is 250 g/mol. The highest BCUT2D eigenvalue weighted by molar-refractivity contribution is 5.92. The second-order valence-electron chi connectivity index (χ2n) is 5.23. The van der Waals surface area contributed by atoms with Crippen molar-refractivity contribution in [3.05, 3.63) is 11.7 Å². The average molecular weight is 267 g/mol. The van der Waals surface area contributed by atoms with Gasteiger partial charge in [-0.2, -0.15) is 4.98 Å². The maximum Gasteiger partial charge on any atom is 0.246 e. The second-order valence-corrected chi connectivity index (χ2v) is 5.23. The molecule has 2 heterocycles. The van der Waals surface area contributed by atoms with Crippen LogP contribution in [-0.2, 0) is 21.7 Å². The summed E-state index contributed by atoms with van der Waals surface area (Å²) in [6.45, 7) is 3.74. The van der Waals surface area contributed by atoms with Gasteiger partial charge in [0.05, 0.1) is 12.1 Å². The lowest BCUT2D eigenvalue weighted by molar-refractivity contribution is -0.149. The van der Waals surface area contributed by atoms with Crippen molar-refractivity contribution in [2.24, 2.45) is 5.73 Å². The fourth-order valence-electron chi connectivity index (χ4n) is 1.65. The predicted octanol–water partition coefficient (Wildman–Crippen LogP) is -0.936. The molecule has 1 saturated heterocycles. The molecule has 0 radical (unpaired) electrons. The molecule has 2 amide bonds. The highest BCUT2D eigenvalue weighted by Gasteiger charge is 2.29. The van der Waals surface area contributed by atoms with Crippen molar-refractivity contribution >= 4 is 11.8 Å². The van der Waals surface area contributed by atoms with Crippen LogP contribution >= 0.6 is 0 Å². The molecule has 1 aromatic rings. The minimum Gasteiger partial charge on any atom is -0.337 e. The van der Waals surface area contributed by atoms with E-state index in [4.69, 9.17) is 10.3 Å². The Morgan fingerprint density at radius 2 is 2.00 bits per heavy atom. The Morgan fingerprint density at radius 3 is 2.58 bits per heavy atom. The minimum atomic E-state index is -0.705. The molecule has 0 spiro atoms. The molecule has 8 nitrogen and oxygen atoms in total. The van der Waals surface area contributed by atoms with Gasteiger partial charge < -0.3 is 20.1 Å². The van der Waals surface area contributed by atoms with Crippen LogP contribution in [0.4, 0.5) is 0 Å². The molecule has 2 rings (SSSR count). The molecule has 19 heavy (non-hydrogen) atoms. The van der Waals surface area contributed by atoms with Gasteiger partial charge in [0.1, 0.15) is 13.1 Å². The summed E-state index contributed by atoms with van der Waals surface area (Å²) >= 11 is 0. The molecule has 1 aliphatic heterocycles. The van der Waals surface area contributed by atoms with E-state index in [9.17, 15) is 9.59 Å². The van der Waals surface area contributed by atoms with Crippen LogP contribution in [0.3, 0.4) is 0 Å². The lowest BCUT2D eigenvalue weighted by atomic mass is 10.1. The minimum absolute atomic E-state index is 0.0268. The normalized spacial score (nSPS) is 17.3. The first kappa shape index (κ1) is 13.5. The summed E-state index contributed by atoms with van der Waals surface area (Å²) in [6.07, 6.45) is 0. The van der Waals surface area contributed by atoms with Crippen LogP contribution in [0.25, 0.3) is 0 Å². The van der Waals surface area contributed by atoms with Crippen molar-refractivity contribution in [3.63, 3.8) is 0 Å². The molecule has 0 atom stereocenters. The predicted molar refractivity (Wildman–Crippen MR) is 64.6 cm³/mol. The molecule has 1 fully saturated rings. The maximum atomic E-state index is 11.8. The van der Waals surface area contributed by atoms with Crippen molar-refractivity contribution in [2.75, 3.05) is 20.1 Å². The lowest BCUT2D eigenvalue weighted by Gasteiger charge is -2.30. The van der Waals surface area contributed by atoms with E-state index in [-0.39, 0.29) is 37.3 Å². The Hall–Kier alpha value is -1.96. The molecule has 0 aliphatic carbocycles. The number of hydrogen-bond donors (Lipinski definition) is 1. The zero-order valence-electron chi connectivity index (χ0n) is 11.2. The van der Waals surface area contributed by atoms with Crippen molar-refractivity contribution < 1.29 is 14.1 Å². The maximum absolute atomic E-state index is 11.8. The molecular formula is C11H17N5O3. The van der Waals surface area contributed by atoms with E-state index in [1.54, 1.807) is 20.9 Å². The Bertz CT molecular complexity index is 505. The number of amides is 2. The Kier molecular flexibility index (Phi) is 3.27. The van der Waals surface area contributed by atoms with E-state index < -0.39 is 5.54 Å². The molecule has 0 unspecified atom stereocenters. The van der Waals surface area contributed by atoms with E-state index in [2.05, 4.69) is 10.1 Å². The summed E-state index contributed by atoms with van der Waals surface area (Å²) in [5.74, 6) is 0.391. The molecule has 2 N–H and O–H groups in total. The molecule has 1 aliphatic rings. The van der Waals surface area contributed by atoms with Crippen molar-refractivity contribution in [1.82, 2.24) is 19.9 Å². The number of nitrogens with zero attached hydrogens (tertiary/aromatic N) is 4. The van der Waals surface area contributed by atoms with Gasteiger partial charge in [-0.05, 0) is 13.8 Å². The zero-order chi connectivity index (χ0) is 14.2. The van der Waals surface area contributed by atoms with Crippen molar-refractivity contribution in [2.45, 2.75) is 25.9 Å². The Balaban J connectivity index is 2.07. The number of nitrogens with two attached hydrogens (primary N) is 1. The summed E-state index contributed by atoms with van der Waals surface area (Å²) in [7, 11) is 1.60. The first-order valence-electron chi connectivity index (χ1n) is 5.91. The van der Waals surface area contributed by atoms with Crippen molar-refractivity contribution in [3.8, 4) is 0 Å². The monoisotopic (exact) mass is 267 g/mol. The molecule has 8 heteroatoms. The third-order valence-electron chi connectivity index (χ3n) is 2.85. The van der Waals surface area contributed by atoms with E-state index >= 15 is 0 Å². The number of piperazine rings is 1. The smallest absolute Gasteiger partial charge is 0.246 e. The van der Waals surface area contributed by atoms with Crippen LogP contribution in [0.5, 0.6) is 0 Å². The third-order valence-corrected chi connectivity index (χ3v) is 2.85. The van der Waals surface area contributed by atoms with E-state index in [0.29, 0.717) is 5.82 Å². The molecule has 0 aromatic carbocycles. The average Bonchev–Trinajstić information content (AvgIpc) is 2.74. The SMILES string of the molecule is CN1CC(=O)N(Cc2nc(C(C)(C)N)no2)CC1=O. The first-order valence-corrected chi connectivity index (χ1v) is 5.91.